The highest BCUT2D eigenvalue weighted by Crippen LogP contribution is 2.03. The molecule has 0 bridgehead atoms. The highest BCUT2D eigenvalue weighted by molar-refractivity contribution is 9.08. The molecule has 1 aromatic rings. The Morgan fingerprint density at radius 1 is 1.27 bits per heavy atom. The van der Waals surface area contributed by atoms with Gasteiger partial charge in [0.15, 0.2) is 0 Å². The van der Waals surface area contributed by atoms with E-state index in [1.807, 2.05) is 0 Å². The van der Waals surface area contributed by atoms with E-state index in [9.17, 15) is 0 Å². The van der Waals surface area contributed by atoms with Crippen LogP contribution < -0.4 is 5.19 Å². The second-order valence-corrected chi connectivity index (χ2v) is 6.48. The molecule has 0 spiro atoms. The van der Waals surface area contributed by atoms with Gasteiger partial charge in [0, 0.05) is 5.33 Å². The summed E-state index contributed by atoms with van der Waals surface area (Å²) < 4.78 is 0. The summed E-state index contributed by atoms with van der Waals surface area (Å²) in [5.41, 5.74) is 1.47. The first-order valence-electron chi connectivity index (χ1n) is 3.89. The lowest BCUT2D eigenvalue weighted by molar-refractivity contribution is 1.47. The van der Waals surface area contributed by atoms with Gasteiger partial charge in [-0.3, -0.25) is 0 Å². The minimum atomic E-state index is -0.616. The van der Waals surface area contributed by atoms with Gasteiger partial charge < -0.3 is 0 Å². The Balaban J connectivity index is 3.02. The molecule has 60 valence electrons. The Bertz CT molecular complexity index is 233. The van der Waals surface area contributed by atoms with Crippen molar-refractivity contribution in [3.05, 3.63) is 29.8 Å². The van der Waals surface area contributed by atoms with Crippen LogP contribution in [0.25, 0.3) is 0 Å². The highest BCUT2D eigenvalue weighted by Gasteiger charge is 2.04. The Hall–Kier alpha value is -0.0831. The SMILES string of the molecule is C[SiH](C)c1ccccc1CBr. The summed E-state index contributed by atoms with van der Waals surface area (Å²) >= 11 is 3.50. The molecule has 0 aliphatic carbocycles. The standard InChI is InChI=1S/C9H13BrSi/c1-11(2)9-6-4-3-5-8(9)7-10/h3-6,11H,7H2,1-2H3. The predicted octanol–water partition coefficient (Wildman–Crippen LogP) is 2.28. The number of halogens is 1. The van der Waals surface area contributed by atoms with E-state index in [1.165, 1.54) is 5.56 Å². The molecule has 0 nitrogen and oxygen atoms in total. The minimum Gasteiger partial charge on any atom is -0.0876 e. The molecule has 0 saturated carbocycles. The molecule has 0 radical (unpaired) electrons. The summed E-state index contributed by atoms with van der Waals surface area (Å²) in [6, 6.07) is 8.70. The van der Waals surface area contributed by atoms with E-state index >= 15 is 0 Å². The lowest BCUT2D eigenvalue weighted by Crippen LogP contribution is -2.25. The fraction of sp³-hybridized carbons (Fsp3) is 0.333. The van der Waals surface area contributed by atoms with Crippen molar-refractivity contribution in [1.29, 1.82) is 0 Å². The average Bonchev–Trinajstić information content (AvgIpc) is 2.04. The van der Waals surface area contributed by atoms with Gasteiger partial charge in [-0.05, 0) is 5.56 Å². The van der Waals surface area contributed by atoms with Gasteiger partial charge in [0.25, 0.3) is 0 Å². The predicted molar refractivity (Wildman–Crippen MR) is 57.6 cm³/mol. The quantitative estimate of drug-likeness (QED) is 0.539. The molecule has 0 aliphatic heterocycles. The number of rotatable bonds is 2. The van der Waals surface area contributed by atoms with Crippen molar-refractivity contribution in [1.82, 2.24) is 0 Å². The minimum absolute atomic E-state index is 0.616. The average molecular weight is 229 g/mol. The molecule has 0 N–H and O–H groups in total. The molecule has 2 heteroatoms. The third-order valence-electron chi connectivity index (χ3n) is 1.82. The molecule has 0 saturated heterocycles. The lowest BCUT2D eigenvalue weighted by Gasteiger charge is -2.08. The van der Waals surface area contributed by atoms with Crippen molar-refractivity contribution < 1.29 is 0 Å². The van der Waals surface area contributed by atoms with Gasteiger partial charge in [0.05, 0.1) is 8.80 Å². The van der Waals surface area contributed by atoms with E-state index in [0.717, 1.165) is 5.33 Å². The molecule has 0 atom stereocenters. The lowest BCUT2D eigenvalue weighted by atomic mass is 10.2. The molecule has 0 unspecified atom stereocenters. The largest absolute Gasteiger partial charge is 0.0876 e. The molecule has 1 rings (SSSR count). The van der Waals surface area contributed by atoms with E-state index in [4.69, 9.17) is 0 Å². The van der Waals surface area contributed by atoms with Crippen molar-refractivity contribution in [3.63, 3.8) is 0 Å². The molecule has 0 fully saturated rings. The summed E-state index contributed by atoms with van der Waals surface area (Å²) in [6.45, 7) is 4.73. The zero-order valence-electron chi connectivity index (χ0n) is 6.97. The fourth-order valence-electron chi connectivity index (χ4n) is 1.22. The van der Waals surface area contributed by atoms with E-state index in [1.54, 1.807) is 5.19 Å². The van der Waals surface area contributed by atoms with Crippen molar-refractivity contribution in [2.24, 2.45) is 0 Å². The maximum atomic E-state index is 3.50. The topological polar surface area (TPSA) is 0 Å². The van der Waals surface area contributed by atoms with Gasteiger partial charge >= 0.3 is 0 Å². The summed E-state index contributed by atoms with van der Waals surface area (Å²) in [7, 11) is -0.616. The highest BCUT2D eigenvalue weighted by atomic mass is 79.9. The van der Waals surface area contributed by atoms with Gasteiger partial charge in [-0.2, -0.15) is 0 Å². The van der Waals surface area contributed by atoms with Crippen LogP contribution in [0.5, 0.6) is 0 Å². The second kappa shape index (κ2) is 4.07. The van der Waals surface area contributed by atoms with Crippen LogP contribution in [0.2, 0.25) is 13.1 Å². The summed E-state index contributed by atoms with van der Waals surface area (Å²) in [5, 5.41) is 2.58. The van der Waals surface area contributed by atoms with Crippen molar-refractivity contribution >= 4 is 29.9 Å². The van der Waals surface area contributed by atoms with Gasteiger partial charge in [-0.1, -0.05) is 58.5 Å². The third-order valence-corrected chi connectivity index (χ3v) is 4.23. The molecular formula is C9H13BrSi. The van der Waals surface area contributed by atoms with Gasteiger partial charge in [-0.25, -0.2) is 0 Å². The summed E-state index contributed by atoms with van der Waals surface area (Å²) in [6.07, 6.45) is 0. The van der Waals surface area contributed by atoms with Crippen molar-refractivity contribution in [3.8, 4) is 0 Å². The Morgan fingerprint density at radius 2 is 1.91 bits per heavy atom. The first-order chi connectivity index (χ1) is 5.25. The Labute approximate surface area is 78.4 Å². The van der Waals surface area contributed by atoms with Gasteiger partial charge in [-0.15, -0.1) is 0 Å². The molecule has 0 heterocycles. The van der Waals surface area contributed by atoms with Crippen molar-refractivity contribution in [2.75, 3.05) is 0 Å². The van der Waals surface area contributed by atoms with Crippen LogP contribution in [0.3, 0.4) is 0 Å². The Kier molecular flexibility index (Phi) is 3.33. The van der Waals surface area contributed by atoms with E-state index in [2.05, 4.69) is 53.3 Å². The molecular weight excluding hydrogens is 216 g/mol. The van der Waals surface area contributed by atoms with Crippen molar-refractivity contribution in [2.45, 2.75) is 18.4 Å². The van der Waals surface area contributed by atoms with Crippen LogP contribution in [0, 0.1) is 0 Å². The normalized spacial score (nSPS) is 10.5. The first-order valence-corrected chi connectivity index (χ1v) is 7.90. The summed E-state index contributed by atoms with van der Waals surface area (Å²) in [4.78, 5) is 0. The van der Waals surface area contributed by atoms with Gasteiger partial charge in [0.1, 0.15) is 0 Å². The zero-order valence-corrected chi connectivity index (χ0v) is 9.71. The monoisotopic (exact) mass is 228 g/mol. The Morgan fingerprint density at radius 3 is 2.36 bits per heavy atom. The number of hydrogen-bond acceptors (Lipinski definition) is 0. The van der Waals surface area contributed by atoms with Crippen LogP contribution >= 0.6 is 15.9 Å². The number of benzene rings is 1. The first kappa shape index (κ1) is 9.01. The molecule has 11 heavy (non-hydrogen) atoms. The third kappa shape index (κ3) is 2.17. The van der Waals surface area contributed by atoms with E-state index in [-0.39, 0.29) is 0 Å². The maximum absolute atomic E-state index is 3.50. The number of alkyl halides is 1. The fourth-order valence-corrected chi connectivity index (χ4v) is 3.46. The molecule has 0 aliphatic rings. The maximum Gasteiger partial charge on any atom is 0.0651 e. The summed E-state index contributed by atoms with van der Waals surface area (Å²) in [5.74, 6) is 0. The zero-order chi connectivity index (χ0) is 8.27. The van der Waals surface area contributed by atoms with Crippen LogP contribution in [0.4, 0.5) is 0 Å². The van der Waals surface area contributed by atoms with Gasteiger partial charge in [0.2, 0.25) is 0 Å². The molecule has 1 aromatic carbocycles. The van der Waals surface area contributed by atoms with Crippen LogP contribution in [0.1, 0.15) is 5.56 Å². The molecule has 0 aromatic heterocycles. The van der Waals surface area contributed by atoms with Crippen LogP contribution in [0.15, 0.2) is 24.3 Å². The van der Waals surface area contributed by atoms with E-state index in [0.29, 0.717) is 0 Å². The molecule has 0 amide bonds. The second-order valence-electron chi connectivity index (χ2n) is 2.99. The van der Waals surface area contributed by atoms with E-state index < -0.39 is 8.80 Å². The smallest absolute Gasteiger partial charge is 0.0651 e. The van der Waals surface area contributed by atoms with Crippen LogP contribution in [-0.4, -0.2) is 8.80 Å². The number of hydrogen-bond donors (Lipinski definition) is 0. The van der Waals surface area contributed by atoms with Crippen LogP contribution in [-0.2, 0) is 5.33 Å².